The van der Waals surface area contributed by atoms with Crippen LogP contribution in [0, 0.1) is 11.6 Å². The predicted octanol–water partition coefficient (Wildman–Crippen LogP) is 5.11. The molecule has 20 heavy (non-hydrogen) atoms. The number of anilines is 1. The zero-order chi connectivity index (χ0) is 14.7. The summed E-state index contributed by atoms with van der Waals surface area (Å²) in [4.78, 5) is 0. The van der Waals surface area contributed by atoms with Crippen molar-refractivity contribution in [3.63, 3.8) is 0 Å². The summed E-state index contributed by atoms with van der Waals surface area (Å²) < 4.78 is 32.8. The topological polar surface area (TPSA) is 21.3 Å². The van der Waals surface area contributed by atoms with Crippen LogP contribution in [0.1, 0.15) is 5.56 Å². The number of rotatable bonds is 4. The fourth-order valence-corrected chi connectivity index (χ4v) is 3.32. The molecule has 0 fully saturated rings. The van der Waals surface area contributed by atoms with E-state index in [1.807, 2.05) is 12.1 Å². The molecule has 106 valence electrons. The monoisotopic (exact) mass is 405 g/mol. The maximum absolute atomic E-state index is 13.1. The Bertz CT molecular complexity index is 612. The Morgan fingerprint density at radius 2 is 1.70 bits per heavy atom. The zero-order valence-electron chi connectivity index (χ0n) is 10.5. The van der Waals surface area contributed by atoms with Crippen molar-refractivity contribution in [3.05, 3.63) is 56.5 Å². The van der Waals surface area contributed by atoms with Crippen molar-refractivity contribution >= 4 is 37.5 Å². The average molecular weight is 407 g/mol. The molecule has 0 saturated heterocycles. The van der Waals surface area contributed by atoms with Gasteiger partial charge in [-0.25, -0.2) is 8.78 Å². The molecule has 6 heteroatoms. The molecule has 0 amide bonds. The van der Waals surface area contributed by atoms with E-state index in [1.165, 1.54) is 6.07 Å². The quantitative estimate of drug-likeness (QED) is 0.761. The summed E-state index contributed by atoms with van der Waals surface area (Å²) >= 11 is 6.83. The van der Waals surface area contributed by atoms with E-state index in [1.54, 1.807) is 7.11 Å². The highest BCUT2D eigenvalue weighted by molar-refractivity contribution is 9.11. The van der Waals surface area contributed by atoms with E-state index < -0.39 is 11.6 Å². The summed E-state index contributed by atoms with van der Waals surface area (Å²) in [6.07, 6.45) is 0. The van der Waals surface area contributed by atoms with E-state index in [-0.39, 0.29) is 0 Å². The van der Waals surface area contributed by atoms with E-state index in [0.29, 0.717) is 18.0 Å². The second-order valence-corrected chi connectivity index (χ2v) is 5.78. The Morgan fingerprint density at radius 3 is 2.25 bits per heavy atom. The van der Waals surface area contributed by atoms with Crippen molar-refractivity contribution in [2.45, 2.75) is 6.54 Å². The SMILES string of the molecule is COc1c(Br)cc(CNc2ccc(F)c(F)c2)cc1Br. The fraction of sp³-hybridized carbons (Fsp3) is 0.143. The third-order valence-corrected chi connectivity index (χ3v) is 3.86. The summed E-state index contributed by atoms with van der Waals surface area (Å²) in [7, 11) is 1.59. The Labute approximate surface area is 132 Å². The molecule has 0 radical (unpaired) electrons. The normalized spacial score (nSPS) is 10.4. The third kappa shape index (κ3) is 3.49. The number of hydrogen-bond acceptors (Lipinski definition) is 2. The molecule has 0 unspecified atom stereocenters. The highest BCUT2D eigenvalue weighted by atomic mass is 79.9. The van der Waals surface area contributed by atoms with Crippen LogP contribution >= 0.6 is 31.9 Å². The molecule has 0 heterocycles. The number of hydrogen-bond donors (Lipinski definition) is 1. The van der Waals surface area contributed by atoms with Crippen LogP contribution in [-0.4, -0.2) is 7.11 Å². The van der Waals surface area contributed by atoms with E-state index in [2.05, 4.69) is 37.2 Å². The lowest BCUT2D eigenvalue weighted by atomic mass is 10.2. The first-order valence-corrected chi connectivity index (χ1v) is 7.30. The molecule has 1 N–H and O–H groups in total. The maximum Gasteiger partial charge on any atom is 0.160 e. The van der Waals surface area contributed by atoms with Crippen molar-refractivity contribution in [1.29, 1.82) is 0 Å². The minimum absolute atomic E-state index is 0.478. The van der Waals surface area contributed by atoms with Gasteiger partial charge in [-0.05, 0) is 61.7 Å². The molecule has 2 aromatic carbocycles. The summed E-state index contributed by atoms with van der Waals surface area (Å²) in [5.41, 5.74) is 1.49. The van der Waals surface area contributed by atoms with Crippen LogP contribution in [0.25, 0.3) is 0 Å². The standard InChI is InChI=1S/C14H11Br2F2NO/c1-20-14-10(15)4-8(5-11(14)16)7-19-9-2-3-12(17)13(18)6-9/h2-6,19H,7H2,1H3. The van der Waals surface area contributed by atoms with Gasteiger partial charge in [-0.1, -0.05) is 0 Å². The average Bonchev–Trinajstić information content (AvgIpc) is 2.40. The Balaban J connectivity index is 2.13. The van der Waals surface area contributed by atoms with Crippen LogP contribution in [0.2, 0.25) is 0 Å². The highest BCUT2D eigenvalue weighted by Crippen LogP contribution is 2.34. The molecule has 2 nitrogen and oxygen atoms in total. The molecule has 0 saturated carbocycles. The zero-order valence-corrected chi connectivity index (χ0v) is 13.7. The van der Waals surface area contributed by atoms with Gasteiger partial charge in [0.1, 0.15) is 5.75 Å². The minimum atomic E-state index is -0.868. The lowest BCUT2D eigenvalue weighted by molar-refractivity contribution is 0.409. The second kappa shape index (κ2) is 6.54. The highest BCUT2D eigenvalue weighted by Gasteiger charge is 2.08. The summed E-state index contributed by atoms with van der Waals surface area (Å²) in [5.74, 6) is -1.01. The van der Waals surface area contributed by atoms with E-state index in [9.17, 15) is 8.78 Å². The van der Waals surface area contributed by atoms with Gasteiger partial charge >= 0.3 is 0 Å². The maximum atomic E-state index is 13.1. The minimum Gasteiger partial charge on any atom is -0.494 e. The smallest absolute Gasteiger partial charge is 0.160 e. The fourth-order valence-electron chi connectivity index (χ4n) is 1.72. The number of halogens is 4. The third-order valence-electron chi connectivity index (χ3n) is 2.68. The Kier molecular flexibility index (Phi) is 4.99. The van der Waals surface area contributed by atoms with Gasteiger partial charge in [-0.2, -0.15) is 0 Å². The number of benzene rings is 2. The first-order valence-electron chi connectivity index (χ1n) is 5.72. The van der Waals surface area contributed by atoms with Crippen LogP contribution in [0.15, 0.2) is 39.3 Å². The van der Waals surface area contributed by atoms with Crippen LogP contribution in [0.5, 0.6) is 5.75 Å². The number of nitrogens with one attached hydrogen (secondary N) is 1. The summed E-state index contributed by atoms with van der Waals surface area (Å²) in [5, 5.41) is 3.03. The van der Waals surface area contributed by atoms with Crippen LogP contribution in [0.3, 0.4) is 0 Å². The van der Waals surface area contributed by atoms with Crippen molar-refractivity contribution in [2.75, 3.05) is 12.4 Å². The van der Waals surface area contributed by atoms with Crippen molar-refractivity contribution < 1.29 is 13.5 Å². The molecular weight excluding hydrogens is 396 g/mol. The summed E-state index contributed by atoms with van der Waals surface area (Å²) in [6, 6.07) is 7.51. The molecule has 0 aliphatic heterocycles. The number of ether oxygens (including phenoxy) is 1. The Morgan fingerprint density at radius 1 is 1.05 bits per heavy atom. The van der Waals surface area contributed by atoms with Crippen molar-refractivity contribution in [1.82, 2.24) is 0 Å². The van der Waals surface area contributed by atoms with Gasteiger partial charge in [0.05, 0.1) is 16.1 Å². The molecule has 2 rings (SSSR count). The van der Waals surface area contributed by atoms with Crippen molar-refractivity contribution in [2.24, 2.45) is 0 Å². The molecule has 0 atom stereocenters. The molecule has 0 spiro atoms. The van der Waals surface area contributed by atoms with Gasteiger partial charge in [0.2, 0.25) is 0 Å². The van der Waals surface area contributed by atoms with Gasteiger partial charge in [0, 0.05) is 18.3 Å². The van der Waals surface area contributed by atoms with E-state index >= 15 is 0 Å². The van der Waals surface area contributed by atoms with Gasteiger partial charge in [0.15, 0.2) is 11.6 Å². The van der Waals surface area contributed by atoms with E-state index in [0.717, 1.165) is 26.6 Å². The molecule has 0 aliphatic rings. The predicted molar refractivity (Wildman–Crippen MR) is 82.1 cm³/mol. The van der Waals surface area contributed by atoms with Crippen LogP contribution < -0.4 is 10.1 Å². The second-order valence-electron chi connectivity index (χ2n) is 4.08. The van der Waals surface area contributed by atoms with Crippen LogP contribution in [0.4, 0.5) is 14.5 Å². The summed E-state index contributed by atoms with van der Waals surface area (Å²) in [6.45, 7) is 0.478. The molecular formula is C14H11Br2F2NO. The van der Waals surface area contributed by atoms with Gasteiger partial charge < -0.3 is 10.1 Å². The Hall–Kier alpha value is -1.14. The van der Waals surface area contributed by atoms with Gasteiger partial charge in [-0.3, -0.25) is 0 Å². The number of methoxy groups -OCH3 is 1. The molecule has 0 bridgehead atoms. The van der Waals surface area contributed by atoms with Gasteiger partial charge in [-0.15, -0.1) is 0 Å². The first-order chi connectivity index (χ1) is 9.51. The molecule has 2 aromatic rings. The molecule has 0 aliphatic carbocycles. The van der Waals surface area contributed by atoms with E-state index in [4.69, 9.17) is 4.74 Å². The molecule has 0 aromatic heterocycles. The largest absolute Gasteiger partial charge is 0.494 e. The van der Waals surface area contributed by atoms with Crippen molar-refractivity contribution in [3.8, 4) is 5.75 Å². The lowest BCUT2D eigenvalue weighted by Gasteiger charge is -2.11. The van der Waals surface area contributed by atoms with Gasteiger partial charge in [0.25, 0.3) is 0 Å². The first kappa shape index (κ1) is 15.3. The lowest BCUT2D eigenvalue weighted by Crippen LogP contribution is -2.01. The van der Waals surface area contributed by atoms with Crippen LogP contribution in [-0.2, 0) is 6.54 Å².